The Balaban J connectivity index is 1.75. The van der Waals surface area contributed by atoms with E-state index >= 15 is 0 Å². The van der Waals surface area contributed by atoms with Crippen LogP contribution >= 0.6 is 11.8 Å². The number of carbonyl (C=O) groups excluding carboxylic acids is 1. The summed E-state index contributed by atoms with van der Waals surface area (Å²) >= 11 is 1.42. The summed E-state index contributed by atoms with van der Waals surface area (Å²) in [5.74, 6) is 1.24. The van der Waals surface area contributed by atoms with Crippen LogP contribution in [-0.2, 0) is 4.79 Å². The van der Waals surface area contributed by atoms with Crippen molar-refractivity contribution < 1.29 is 9.32 Å². The number of aromatic nitrogens is 2. The van der Waals surface area contributed by atoms with Gasteiger partial charge in [-0.15, -0.1) is 0 Å². The van der Waals surface area contributed by atoms with E-state index in [4.69, 9.17) is 9.51 Å². The number of hydrogen-bond acceptors (Lipinski definition) is 5. The highest BCUT2D eigenvalue weighted by molar-refractivity contribution is 7.99. The fraction of sp³-hybridized carbons (Fsp3) is 0.278. The molecule has 5 nitrogen and oxygen atoms in total. The van der Waals surface area contributed by atoms with Gasteiger partial charge in [0.15, 0.2) is 5.82 Å². The summed E-state index contributed by atoms with van der Waals surface area (Å²) in [7, 11) is 0. The molecule has 0 bridgehead atoms. The van der Waals surface area contributed by atoms with Crippen LogP contribution in [0.1, 0.15) is 22.5 Å². The molecule has 1 aromatic carbocycles. The van der Waals surface area contributed by atoms with Gasteiger partial charge in [0, 0.05) is 11.5 Å². The molecule has 24 heavy (non-hydrogen) atoms. The molecule has 0 unspecified atom stereocenters. The molecule has 1 N–H and O–H groups in total. The smallest absolute Gasteiger partial charge is 0.236 e. The van der Waals surface area contributed by atoms with Gasteiger partial charge >= 0.3 is 0 Å². The molecule has 0 radical (unpaired) electrons. The molecule has 3 aromatic rings. The number of aryl methyl sites for hydroxylation is 4. The first-order valence-corrected chi connectivity index (χ1v) is 8.66. The number of thioether (sulfide) groups is 1. The topological polar surface area (TPSA) is 68.0 Å². The number of nitrogens with one attached hydrogen (secondary N) is 1. The summed E-state index contributed by atoms with van der Waals surface area (Å²) in [6.45, 7) is 8.02. The van der Waals surface area contributed by atoms with Crippen molar-refractivity contribution in [2.24, 2.45) is 0 Å². The fourth-order valence-electron chi connectivity index (χ4n) is 2.49. The van der Waals surface area contributed by atoms with Crippen LogP contribution < -0.4 is 5.32 Å². The highest BCUT2D eigenvalue weighted by Gasteiger charge is 2.10. The zero-order valence-corrected chi connectivity index (χ0v) is 15.0. The van der Waals surface area contributed by atoms with E-state index in [-0.39, 0.29) is 11.7 Å². The zero-order valence-electron chi connectivity index (χ0n) is 14.1. The second-order valence-corrected chi connectivity index (χ2v) is 6.84. The average molecular weight is 341 g/mol. The fourth-order valence-corrected chi connectivity index (χ4v) is 3.25. The summed E-state index contributed by atoms with van der Waals surface area (Å²) in [4.78, 5) is 16.8. The summed E-state index contributed by atoms with van der Waals surface area (Å²) in [5, 5.41) is 8.47. The lowest BCUT2D eigenvalue weighted by molar-refractivity contribution is -0.113. The minimum atomic E-state index is -0.131. The molecule has 0 saturated heterocycles. The van der Waals surface area contributed by atoms with Crippen molar-refractivity contribution in [2.45, 2.75) is 32.7 Å². The minimum Gasteiger partial charge on any atom is -0.360 e. The molecular weight excluding hydrogens is 322 g/mol. The van der Waals surface area contributed by atoms with Gasteiger partial charge in [-0.3, -0.25) is 4.79 Å². The molecule has 0 fully saturated rings. The van der Waals surface area contributed by atoms with Crippen LogP contribution in [0.3, 0.4) is 0 Å². The Hall–Kier alpha value is -2.34. The number of hydrogen-bond donors (Lipinski definition) is 1. The molecule has 0 aliphatic rings. The number of carbonyl (C=O) groups is 1. The van der Waals surface area contributed by atoms with Crippen molar-refractivity contribution in [3.63, 3.8) is 0 Å². The van der Waals surface area contributed by atoms with Crippen LogP contribution in [0.4, 0.5) is 5.82 Å². The molecule has 2 heterocycles. The average Bonchev–Trinajstić information content (AvgIpc) is 2.94. The molecule has 0 aliphatic carbocycles. The van der Waals surface area contributed by atoms with Crippen LogP contribution in [0.15, 0.2) is 33.8 Å². The molecule has 1 amide bonds. The Morgan fingerprint density at radius 2 is 1.96 bits per heavy atom. The van der Waals surface area contributed by atoms with Gasteiger partial charge in [0.1, 0.15) is 5.76 Å². The second-order valence-electron chi connectivity index (χ2n) is 5.84. The maximum atomic E-state index is 12.0. The third-order valence-corrected chi connectivity index (χ3v) is 4.85. The maximum absolute atomic E-state index is 12.0. The molecule has 3 rings (SSSR count). The predicted octanol–water partition coefficient (Wildman–Crippen LogP) is 4.19. The van der Waals surface area contributed by atoms with Crippen molar-refractivity contribution in [2.75, 3.05) is 11.1 Å². The van der Waals surface area contributed by atoms with E-state index < -0.39 is 0 Å². The van der Waals surface area contributed by atoms with Gasteiger partial charge in [-0.05, 0) is 50.5 Å². The van der Waals surface area contributed by atoms with E-state index in [1.54, 1.807) is 13.0 Å². The van der Waals surface area contributed by atoms with Crippen molar-refractivity contribution >= 4 is 34.4 Å². The Morgan fingerprint density at radius 1 is 1.17 bits per heavy atom. The van der Waals surface area contributed by atoms with Crippen LogP contribution in [0.5, 0.6) is 0 Å². The third-order valence-electron chi connectivity index (χ3n) is 3.94. The minimum absolute atomic E-state index is 0.131. The lowest BCUT2D eigenvalue weighted by atomic mass is 10.0. The normalized spacial score (nSPS) is 11.0. The second kappa shape index (κ2) is 6.65. The lowest BCUT2D eigenvalue weighted by Crippen LogP contribution is -2.14. The van der Waals surface area contributed by atoms with Crippen LogP contribution in [0.2, 0.25) is 0 Å². The molecule has 0 saturated carbocycles. The summed E-state index contributed by atoms with van der Waals surface area (Å²) in [6, 6.07) is 7.93. The maximum Gasteiger partial charge on any atom is 0.236 e. The molecule has 0 spiro atoms. The highest BCUT2D eigenvalue weighted by Crippen LogP contribution is 2.27. The highest BCUT2D eigenvalue weighted by atomic mass is 32.2. The van der Waals surface area contributed by atoms with E-state index in [0.29, 0.717) is 11.6 Å². The first-order chi connectivity index (χ1) is 11.4. The van der Waals surface area contributed by atoms with Crippen molar-refractivity contribution in [3.8, 4) is 0 Å². The number of pyridine rings is 1. The summed E-state index contributed by atoms with van der Waals surface area (Å²) in [5.41, 5.74) is 4.57. The van der Waals surface area contributed by atoms with E-state index in [0.717, 1.165) is 21.5 Å². The Morgan fingerprint density at radius 3 is 2.67 bits per heavy atom. The van der Waals surface area contributed by atoms with Crippen molar-refractivity contribution in [1.82, 2.24) is 10.1 Å². The number of nitrogens with zero attached hydrogens (tertiary/aromatic N) is 2. The van der Waals surface area contributed by atoms with Gasteiger partial charge < -0.3 is 9.84 Å². The molecule has 0 aliphatic heterocycles. The number of benzene rings is 1. The third kappa shape index (κ3) is 3.43. The zero-order chi connectivity index (χ0) is 17.3. The molecule has 0 atom stereocenters. The Bertz CT molecular complexity index is 918. The monoisotopic (exact) mass is 341 g/mol. The number of fused-ring (bicyclic) bond motifs is 1. The number of amides is 1. The van der Waals surface area contributed by atoms with Gasteiger partial charge in [-0.2, -0.15) is 0 Å². The Kier molecular flexibility index (Phi) is 4.57. The summed E-state index contributed by atoms with van der Waals surface area (Å²) in [6.07, 6.45) is 0. The first-order valence-electron chi connectivity index (χ1n) is 7.67. The molecule has 124 valence electrons. The quantitative estimate of drug-likeness (QED) is 0.721. The van der Waals surface area contributed by atoms with E-state index in [9.17, 15) is 4.79 Å². The molecular formula is C18H19N3O2S. The standard InChI is InChI=1S/C18H19N3O2S/c1-10-5-6-14-11(2)7-17(20-18(14)13(10)4)24-9-16(22)19-15-8-12(3)23-21-15/h5-8H,9H2,1-4H3,(H,19,21,22). The van der Waals surface area contributed by atoms with E-state index in [1.807, 2.05) is 6.07 Å². The SMILES string of the molecule is Cc1cc(NC(=O)CSc2cc(C)c3ccc(C)c(C)c3n2)no1. The van der Waals surface area contributed by atoms with Crippen LogP contribution in [0.25, 0.3) is 10.9 Å². The lowest BCUT2D eigenvalue weighted by Gasteiger charge is -2.10. The van der Waals surface area contributed by atoms with Gasteiger partial charge in [0.05, 0.1) is 16.3 Å². The summed E-state index contributed by atoms with van der Waals surface area (Å²) < 4.78 is 4.93. The van der Waals surface area contributed by atoms with Crippen molar-refractivity contribution in [3.05, 3.63) is 46.7 Å². The largest absolute Gasteiger partial charge is 0.360 e. The number of rotatable bonds is 4. The van der Waals surface area contributed by atoms with E-state index in [1.165, 1.54) is 22.9 Å². The van der Waals surface area contributed by atoms with Gasteiger partial charge in [0.25, 0.3) is 0 Å². The van der Waals surface area contributed by atoms with E-state index in [2.05, 4.69) is 43.4 Å². The predicted molar refractivity (Wildman–Crippen MR) is 96.5 cm³/mol. The van der Waals surface area contributed by atoms with Gasteiger partial charge in [-0.25, -0.2) is 4.98 Å². The Labute approximate surface area is 144 Å². The molecule has 2 aromatic heterocycles. The van der Waals surface area contributed by atoms with Crippen molar-refractivity contribution in [1.29, 1.82) is 0 Å². The van der Waals surface area contributed by atoms with Crippen LogP contribution in [0, 0.1) is 27.7 Å². The molecule has 6 heteroatoms. The first kappa shape index (κ1) is 16.5. The van der Waals surface area contributed by atoms with Crippen LogP contribution in [-0.4, -0.2) is 21.8 Å². The van der Waals surface area contributed by atoms with Gasteiger partial charge in [-0.1, -0.05) is 29.1 Å². The van der Waals surface area contributed by atoms with Gasteiger partial charge in [0.2, 0.25) is 5.91 Å². The number of anilines is 1.